The van der Waals surface area contributed by atoms with Gasteiger partial charge >= 0.3 is 5.97 Å². The van der Waals surface area contributed by atoms with Gasteiger partial charge in [0.2, 0.25) is 5.76 Å². The Morgan fingerprint density at radius 3 is 2.65 bits per heavy atom. The second-order valence-electron chi connectivity index (χ2n) is 4.21. The molecule has 0 unspecified atom stereocenters. The van der Waals surface area contributed by atoms with Crippen molar-refractivity contribution in [1.82, 2.24) is 4.90 Å². The number of carboxylic acids is 1. The van der Waals surface area contributed by atoms with Crippen molar-refractivity contribution in [2.45, 2.75) is 32.9 Å². The van der Waals surface area contributed by atoms with E-state index >= 15 is 0 Å². The predicted octanol–water partition coefficient (Wildman–Crippen LogP) is 1.57. The normalized spacial score (nSPS) is 11.4. The van der Waals surface area contributed by atoms with Crippen LogP contribution < -0.4 is 0 Å². The highest BCUT2D eigenvalue weighted by Gasteiger charge is 2.14. The van der Waals surface area contributed by atoms with Crippen molar-refractivity contribution >= 4 is 5.97 Å². The predicted molar refractivity (Wildman–Crippen MR) is 62.9 cm³/mol. The van der Waals surface area contributed by atoms with E-state index in [0.717, 1.165) is 6.54 Å². The van der Waals surface area contributed by atoms with E-state index in [1.807, 2.05) is 0 Å². The number of furan rings is 1. The first kappa shape index (κ1) is 13.7. The van der Waals surface area contributed by atoms with E-state index in [-0.39, 0.29) is 12.4 Å². The summed E-state index contributed by atoms with van der Waals surface area (Å²) in [6.45, 7) is 5.58. The Bertz CT molecular complexity index is 359. The Balaban J connectivity index is 2.61. The smallest absolute Gasteiger partial charge is 0.371 e. The number of nitrogens with zero attached hydrogens (tertiary/aromatic N) is 1. The molecule has 1 aromatic heterocycles. The van der Waals surface area contributed by atoms with Gasteiger partial charge in [0.1, 0.15) is 5.76 Å². The fourth-order valence-corrected chi connectivity index (χ4v) is 1.57. The van der Waals surface area contributed by atoms with Gasteiger partial charge in [0.05, 0.1) is 6.54 Å². The first-order valence-electron chi connectivity index (χ1n) is 5.71. The average Bonchev–Trinajstić information content (AvgIpc) is 2.72. The monoisotopic (exact) mass is 241 g/mol. The highest BCUT2D eigenvalue weighted by Crippen LogP contribution is 2.13. The van der Waals surface area contributed by atoms with Gasteiger partial charge in [0, 0.05) is 19.2 Å². The third-order valence-electron chi connectivity index (χ3n) is 2.57. The minimum Gasteiger partial charge on any atom is -0.475 e. The van der Waals surface area contributed by atoms with Crippen LogP contribution in [0, 0.1) is 0 Å². The van der Waals surface area contributed by atoms with Crippen LogP contribution in [0.15, 0.2) is 16.5 Å². The summed E-state index contributed by atoms with van der Waals surface area (Å²) in [6, 6.07) is 3.46. The number of carboxylic acid groups (broad SMARTS) is 1. The SMILES string of the molecule is CC(C)N(CCCO)Cc1ccc(C(=O)O)o1. The Kier molecular flexibility index (Phi) is 5.18. The van der Waals surface area contributed by atoms with E-state index in [2.05, 4.69) is 18.7 Å². The quantitative estimate of drug-likeness (QED) is 0.758. The van der Waals surface area contributed by atoms with Crippen LogP contribution in [-0.2, 0) is 6.54 Å². The lowest BCUT2D eigenvalue weighted by atomic mass is 10.2. The molecule has 0 aliphatic heterocycles. The van der Waals surface area contributed by atoms with E-state index in [0.29, 0.717) is 24.8 Å². The number of hydrogen-bond acceptors (Lipinski definition) is 4. The Hall–Kier alpha value is -1.33. The third kappa shape index (κ3) is 4.20. The third-order valence-corrected chi connectivity index (χ3v) is 2.57. The average molecular weight is 241 g/mol. The molecule has 1 rings (SSSR count). The summed E-state index contributed by atoms with van der Waals surface area (Å²) in [5, 5.41) is 17.6. The van der Waals surface area contributed by atoms with Crippen molar-refractivity contribution in [1.29, 1.82) is 0 Å². The molecule has 0 fully saturated rings. The standard InChI is InChI=1S/C12H19NO4/c1-9(2)13(6-3-7-14)8-10-4-5-11(17-10)12(15)16/h4-5,9,14H,3,6-8H2,1-2H3,(H,15,16). The lowest BCUT2D eigenvalue weighted by Gasteiger charge is -2.24. The van der Waals surface area contributed by atoms with Crippen molar-refractivity contribution in [3.05, 3.63) is 23.7 Å². The molecule has 1 aromatic rings. The first-order chi connectivity index (χ1) is 8.04. The summed E-state index contributed by atoms with van der Waals surface area (Å²) < 4.78 is 5.20. The number of aromatic carboxylic acids is 1. The lowest BCUT2D eigenvalue weighted by Crippen LogP contribution is -2.31. The zero-order valence-corrected chi connectivity index (χ0v) is 10.2. The number of aliphatic hydroxyl groups is 1. The summed E-state index contributed by atoms with van der Waals surface area (Å²) in [5.74, 6) is -0.456. The maximum Gasteiger partial charge on any atom is 0.371 e. The number of hydrogen-bond donors (Lipinski definition) is 2. The summed E-state index contributed by atoms with van der Waals surface area (Å²) in [5.41, 5.74) is 0. The molecule has 5 nitrogen and oxygen atoms in total. The van der Waals surface area contributed by atoms with Crippen LogP contribution >= 0.6 is 0 Å². The van der Waals surface area contributed by atoms with Gasteiger partial charge in [-0.15, -0.1) is 0 Å². The molecule has 0 aliphatic carbocycles. The van der Waals surface area contributed by atoms with E-state index in [1.54, 1.807) is 6.07 Å². The molecule has 96 valence electrons. The molecule has 0 saturated carbocycles. The fourth-order valence-electron chi connectivity index (χ4n) is 1.57. The summed E-state index contributed by atoms with van der Waals surface area (Å²) in [6.07, 6.45) is 0.699. The summed E-state index contributed by atoms with van der Waals surface area (Å²) >= 11 is 0. The zero-order chi connectivity index (χ0) is 12.8. The van der Waals surface area contributed by atoms with Crippen LogP contribution in [0.4, 0.5) is 0 Å². The Morgan fingerprint density at radius 1 is 1.47 bits per heavy atom. The first-order valence-corrected chi connectivity index (χ1v) is 5.71. The van der Waals surface area contributed by atoms with Crippen molar-refractivity contribution < 1.29 is 19.4 Å². The number of carbonyl (C=O) groups is 1. The van der Waals surface area contributed by atoms with Crippen molar-refractivity contribution in [2.24, 2.45) is 0 Å². The van der Waals surface area contributed by atoms with Crippen LogP contribution in [0.1, 0.15) is 36.6 Å². The van der Waals surface area contributed by atoms with E-state index in [9.17, 15) is 4.79 Å². The molecular formula is C12H19NO4. The van der Waals surface area contributed by atoms with Crippen LogP contribution in [0.2, 0.25) is 0 Å². The Labute approximate surface area is 101 Å². The van der Waals surface area contributed by atoms with Gasteiger partial charge in [0.25, 0.3) is 0 Å². The summed E-state index contributed by atoms with van der Waals surface area (Å²) in [4.78, 5) is 12.8. The molecule has 0 saturated heterocycles. The van der Waals surface area contributed by atoms with Crippen molar-refractivity contribution in [3.63, 3.8) is 0 Å². The summed E-state index contributed by atoms with van der Waals surface area (Å²) in [7, 11) is 0. The maximum atomic E-state index is 10.7. The molecule has 0 spiro atoms. The van der Waals surface area contributed by atoms with E-state index in [1.165, 1.54) is 6.07 Å². The second kappa shape index (κ2) is 6.42. The molecular weight excluding hydrogens is 222 g/mol. The molecule has 2 N–H and O–H groups in total. The van der Waals surface area contributed by atoms with E-state index in [4.69, 9.17) is 14.6 Å². The fraction of sp³-hybridized carbons (Fsp3) is 0.583. The van der Waals surface area contributed by atoms with Crippen LogP contribution in [0.5, 0.6) is 0 Å². The Morgan fingerprint density at radius 2 is 2.18 bits per heavy atom. The second-order valence-corrected chi connectivity index (χ2v) is 4.21. The zero-order valence-electron chi connectivity index (χ0n) is 10.2. The lowest BCUT2D eigenvalue weighted by molar-refractivity contribution is 0.0657. The molecule has 0 atom stereocenters. The maximum absolute atomic E-state index is 10.7. The number of rotatable bonds is 7. The molecule has 5 heteroatoms. The van der Waals surface area contributed by atoms with Gasteiger partial charge in [-0.05, 0) is 32.4 Å². The van der Waals surface area contributed by atoms with Gasteiger partial charge in [-0.25, -0.2) is 4.79 Å². The molecule has 0 aliphatic rings. The largest absolute Gasteiger partial charge is 0.475 e. The molecule has 17 heavy (non-hydrogen) atoms. The van der Waals surface area contributed by atoms with Gasteiger partial charge in [0.15, 0.2) is 0 Å². The van der Waals surface area contributed by atoms with Gasteiger partial charge in [-0.1, -0.05) is 0 Å². The van der Waals surface area contributed by atoms with Crippen LogP contribution in [0.25, 0.3) is 0 Å². The van der Waals surface area contributed by atoms with Gasteiger partial charge < -0.3 is 14.6 Å². The number of aliphatic hydroxyl groups excluding tert-OH is 1. The van der Waals surface area contributed by atoms with Crippen molar-refractivity contribution in [3.8, 4) is 0 Å². The van der Waals surface area contributed by atoms with Gasteiger partial charge in [-0.3, -0.25) is 4.90 Å². The van der Waals surface area contributed by atoms with Crippen LogP contribution in [0.3, 0.4) is 0 Å². The highest BCUT2D eigenvalue weighted by molar-refractivity contribution is 5.84. The topological polar surface area (TPSA) is 73.9 Å². The van der Waals surface area contributed by atoms with Gasteiger partial charge in [-0.2, -0.15) is 0 Å². The highest BCUT2D eigenvalue weighted by atomic mass is 16.4. The van der Waals surface area contributed by atoms with Crippen LogP contribution in [-0.4, -0.2) is 40.3 Å². The molecule has 0 bridgehead atoms. The van der Waals surface area contributed by atoms with Crippen molar-refractivity contribution in [2.75, 3.05) is 13.2 Å². The molecule has 1 heterocycles. The van der Waals surface area contributed by atoms with E-state index < -0.39 is 5.97 Å². The molecule has 0 aromatic carbocycles. The molecule has 0 radical (unpaired) electrons. The minimum absolute atomic E-state index is 0.0362. The molecule has 0 amide bonds. The minimum atomic E-state index is -1.05.